The molecule has 100 valence electrons. The van der Waals surface area contributed by atoms with Crippen molar-refractivity contribution in [3.8, 4) is 0 Å². The molecule has 1 saturated heterocycles. The smallest absolute Gasteiger partial charge is 0.227 e. The van der Waals surface area contributed by atoms with Gasteiger partial charge in [-0.05, 0) is 18.4 Å². The second kappa shape index (κ2) is 6.36. The summed E-state index contributed by atoms with van der Waals surface area (Å²) in [7, 11) is 0. The molecule has 4 nitrogen and oxygen atoms in total. The Kier molecular flexibility index (Phi) is 5.40. The van der Waals surface area contributed by atoms with Crippen LogP contribution in [0.5, 0.6) is 0 Å². The molecular weight excluding hydrogens is 216 g/mol. The predicted molar refractivity (Wildman–Crippen MR) is 68.9 cm³/mol. The molecule has 0 aliphatic carbocycles. The topological polar surface area (TPSA) is 50.4 Å². The number of hydrogen-bond acceptors (Lipinski definition) is 3. The van der Waals surface area contributed by atoms with Crippen LogP contribution >= 0.6 is 0 Å². The van der Waals surface area contributed by atoms with E-state index in [1.807, 2.05) is 6.92 Å². The highest BCUT2D eigenvalue weighted by Gasteiger charge is 2.33. The van der Waals surface area contributed by atoms with Gasteiger partial charge in [-0.2, -0.15) is 0 Å². The molecule has 0 radical (unpaired) electrons. The molecule has 17 heavy (non-hydrogen) atoms. The van der Waals surface area contributed by atoms with Crippen molar-refractivity contribution in [1.82, 2.24) is 10.6 Å². The van der Waals surface area contributed by atoms with Crippen LogP contribution in [0.15, 0.2) is 0 Å². The summed E-state index contributed by atoms with van der Waals surface area (Å²) in [5, 5.41) is 6.31. The van der Waals surface area contributed by atoms with E-state index in [-0.39, 0.29) is 23.3 Å². The van der Waals surface area contributed by atoms with E-state index < -0.39 is 0 Å². The summed E-state index contributed by atoms with van der Waals surface area (Å²) in [5.74, 6) is 0.0904. The number of rotatable bonds is 5. The van der Waals surface area contributed by atoms with Crippen LogP contribution in [-0.4, -0.2) is 38.3 Å². The molecule has 0 aromatic carbocycles. The van der Waals surface area contributed by atoms with E-state index in [0.717, 1.165) is 19.5 Å². The Morgan fingerprint density at radius 3 is 2.65 bits per heavy atom. The first kappa shape index (κ1) is 14.5. The first-order valence-corrected chi connectivity index (χ1v) is 6.53. The van der Waals surface area contributed by atoms with Crippen LogP contribution < -0.4 is 10.6 Å². The summed E-state index contributed by atoms with van der Waals surface area (Å²) >= 11 is 0. The van der Waals surface area contributed by atoms with Gasteiger partial charge >= 0.3 is 0 Å². The Morgan fingerprint density at radius 1 is 1.35 bits per heavy atom. The Morgan fingerprint density at radius 2 is 2.06 bits per heavy atom. The van der Waals surface area contributed by atoms with Gasteiger partial charge in [0.2, 0.25) is 5.91 Å². The van der Waals surface area contributed by atoms with Gasteiger partial charge in [-0.1, -0.05) is 27.7 Å². The van der Waals surface area contributed by atoms with Crippen molar-refractivity contribution in [1.29, 1.82) is 0 Å². The summed E-state index contributed by atoms with van der Waals surface area (Å²) in [5.41, 5.74) is 0.264. The van der Waals surface area contributed by atoms with E-state index in [2.05, 4.69) is 31.4 Å². The lowest BCUT2D eigenvalue weighted by Crippen LogP contribution is -2.44. The van der Waals surface area contributed by atoms with Gasteiger partial charge in [-0.15, -0.1) is 0 Å². The summed E-state index contributed by atoms with van der Waals surface area (Å²) in [6.45, 7) is 11.4. The number of nitrogens with one attached hydrogen (secondary N) is 2. The average molecular weight is 242 g/mol. The van der Waals surface area contributed by atoms with Crippen molar-refractivity contribution >= 4 is 5.91 Å². The van der Waals surface area contributed by atoms with Gasteiger partial charge in [0.15, 0.2) is 0 Å². The fourth-order valence-electron chi connectivity index (χ4n) is 1.97. The maximum atomic E-state index is 12.0. The van der Waals surface area contributed by atoms with Crippen LogP contribution in [0.25, 0.3) is 0 Å². The van der Waals surface area contributed by atoms with Gasteiger partial charge in [0.05, 0.1) is 19.1 Å². The SMILES string of the molecule is CCNC1COCC1C(=O)NCCC(C)(C)C. The minimum Gasteiger partial charge on any atom is -0.379 e. The largest absolute Gasteiger partial charge is 0.379 e. The molecule has 1 fully saturated rings. The van der Waals surface area contributed by atoms with Crippen LogP contribution in [0.2, 0.25) is 0 Å². The number of amides is 1. The van der Waals surface area contributed by atoms with E-state index >= 15 is 0 Å². The number of hydrogen-bond donors (Lipinski definition) is 2. The van der Waals surface area contributed by atoms with E-state index in [4.69, 9.17) is 4.74 Å². The normalized spacial score (nSPS) is 24.9. The van der Waals surface area contributed by atoms with Gasteiger partial charge in [0.1, 0.15) is 0 Å². The fraction of sp³-hybridized carbons (Fsp3) is 0.923. The lowest BCUT2D eigenvalue weighted by Gasteiger charge is -2.21. The molecule has 4 heteroatoms. The van der Waals surface area contributed by atoms with Crippen molar-refractivity contribution < 1.29 is 9.53 Å². The van der Waals surface area contributed by atoms with Crippen molar-refractivity contribution in [2.45, 2.75) is 40.2 Å². The maximum absolute atomic E-state index is 12.0. The summed E-state index contributed by atoms with van der Waals surface area (Å²) < 4.78 is 5.37. The number of carbonyl (C=O) groups is 1. The second-order valence-electron chi connectivity index (χ2n) is 5.91. The molecule has 0 aromatic rings. The third-order valence-corrected chi connectivity index (χ3v) is 3.06. The Labute approximate surface area is 104 Å². The quantitative estimate of drug-likeness (QED) is 0.761. The van der Waals surface area contributed by atoms with Crippen LogP contribution in [0, 0.1) is 11.3 Å². The minimum absolute atomic E-state index is 0.0325. The molecular formula is C13H26N2O2. The molecule has 1 aliphatic heterocycles. The second-order valence-corrected chi connectivity index (χ2v) is 5.91. The van der Waals surface area contributed by atoms with Gasteiger partial charge in [-0.3, -0.25) is 4.79 Å². The number of ether oxygens (including phenoxy) is 1. The molecule has 1 amide bonds. The predicted octanol–water partition coefficient (Wildman–Crippen LogP) is 1.16. The molecule has 1 rings (SSSR count). The van der Waals surface area contributed by atoms with E-state index in [9.17, 15) is 4.79 Å². The van der Waals surface area contributed by atoms with Crippen LogP contribution in [0.1, 0.15) is 34.1 Å². The van der Waals surface area contributed by atoms with Crippen molar-refractivity contribution in [3.63, 3.8) is 0 Å². The Hall–Kier alpha value is -0.610. The lowest BCUT2D eigenvalue weighted by molar-refractivity contribution is -0.125. The lowest BCUT2D eigenvalue weighted by atomic mass is 9.92. The fourth-order valence-corrected chi connectivity index (χ4v) is 1.97. The zero-order chi connectivity index (χ0) is 12.9. The molecule has 2 unspecified atom stereocenters. The monoisotopic (exact) mass is 242 g/mol. The summed E-state index contributed by atoms with van der Waals surface area (Å²) in [6, 6.07) is 0.176. The zero-order valence-corrected chi connectivity index (χ0v) is 11.5. The third-order valence-electron chi connectivity index (χ3n) is 3.06. The molecule has 0 aromatic heterocycles. The number of carbonyl (C=O) groups excluding carboxylic acids is 1. The molecule has 2 atom stereocenters. The molecule has 1 aliphatic rings. The Balaban J connectivity index is 2.31. The van der Waals surface area contributed by atoms with Crippen molar-refractivity contribution in [3.05, 3.63) is 0 Å². The Bertz CT molecular complexity index is 248. The molecule has 0 saturated carbocycles. The van der Waals surface area contributed by atoms with Crippen molar-refractivity contribution in [2.24, 2.45) is 11.3 Å². The standard InChI is InChI=1S/C13H26N2O2/c1-5-14-11-9-17-8-10(11)12(16)15-7-6-13(2,3)4/h10-11,14H,5-9H2,1-4H3,(H,15,16). The van der Waals surface area contributed by atoms with E-state index in [1.165, 1.54) is 0 Å². The van der Waals surface area contributed by atoms with E-state index in [1.54, 1.807) is 0 Å². The molecule has 0 spiro atoms. The zero-order valence-electron chi connectivity index (χ0n) is 11.5. The first-order valence-electron chi connectivity index (χ1n) is 6.53. The number of likely N-dealkylation sites (N-methyl/N-ethyl adjacent to an activating group) is 1. The van der Waals surface area contributed by atoms with Crippen molar-refractivity contribution in [2.75, 3.05) is 26.3 Å². The van der Waals surface area contributed by atoms with Gasteiger partial charge < -0.3 is 15.4 Å². The summed E-state index contributed by atoms with van der Waals surface area (Å²) in [6.07, 6.45) is 0.998. The third kappa shape index (κ3) is 5.04. The van der Waals surface area contributed by atoms with E-state index in [0.29, 0.717) is 13.2 Å². The minimum atomic E-state index is -0.0325. The molecule has 2 N–H and O–H groups in total. The van der Waals surface area contributed by atoms with Crippen LogP contribution in [0.4, 0.5) is 0 Å². The average Bonchev–Trinajstić information content (AvgIpc) is 2.64. The highest BCUT2D eigenvalue weighted by molar-refractivity contribution is 5.79. The highest BCUT2D eigenvalue weighted by Crippen LogP contribution is 2.18. The van der Waals surface area contributed by atoms with Gasteiger partial charge in [-0.25, -0.2) is 0 Å². The molecule has 1 heterocycles. The molecule has 0 bridgehead atoms. The highest BCUT2D eigenvalue weighted by atomic mass is 16.5. The van der Waals surface area contributed by atoms with Gasteiger partial charge in [0.25, 0.3) is 0 Å². The van der Waals surface area contributed by atoms with Gasteiger partial charge in [0, 0.05) is 12.6 Å². The summed E-state index contributed by atoms with van der Waals surface area (Å²) in [4.78, 5) is 12.0. The van der Waals surface area contributed by atoms with Crippen LogP contribution in [-0.2, 0) is 9.53 Å². The maximum Gasteiger partial charge on any atom is 0.227 e. The first-order chi connectivity index (χ1) is 7.94. The van der Waals surface area contributed by atoms with Crippen LogP contribution in [0.3, 0.4) is 0 Å².